The predicted molar refractivity (Wildman–Crippen MR) is 95.5 cm³/mol. The first-order valence-electron chi connectivity index (χ1n) is 8.00. The van der Waals surface area contributed by atoms with Gasteiger partial charge in [-0.25, -0.2) is 4.98 Å². The maximum Gasteiger partial charge on any atom is 0.234 e. The average Bonchev–Trinajstić information content (AvgIpc) is 3.22. The third-order valence-corrected chi connectivity index (χ3v) is 6.77. The molecule has 1 aromatic heterocycles. The second-order valence-electron chi connectivity index (χ2n) is 5.98. The number of rotatable bonds is 3. The minimum Gasteiger partial charge on any atom is -0.317 e. The summed E-state index contributed by atoms with van der Waals surface area (Å²) < 4.78 is 0. The van der Waals surface area contributed by atoms with E-state index in [1.54, 1.807) is 23.1 Å². The van der Waals surface area contributed by atoms with Gasteiger partial charge in [-0.1, -0.05) is 18.2 Å². The van der Waals surface area contributed by atoms with Crippen LogP contribution in [0.5, 0.6) is 0 Å². The minimum atomic E-state index is -0.0672. The quantitative estimate of drug-likeness (QED) is 0.895. The molecule has 0 saturated carbocycles. The fourth-order valence-corrected chi connectivity index (χ4v) is 5.43. The monoisotopic (exact) mass is 345 g/mol. The summed E-state index contributed by atoms with van der Waals surface area (Å²) in [5, 5.41) is 7.14. The fraction of sp³-hybridized carbons (Fsp3) is 0.412. The van der Waals surface area contributed by atoms with Crippen molar-refractivity contribution in [1.29, 1.82) is 0 Å². The molecule has 1 saturated heterocycles. The molecule has 2 aliphatic rings. The molecule has 4 rings (SSSR count). The zero-order valence-corrected chi connectivity index (χ0v) is 14.4. The number of benzene rings is 1. The average molecular weight is 345 g/mol. The number of thioether (sulfide) groups is 1. The van der Waals surface area contributed by atoms with Gasteiger partial charge in [0.05, 0.1) is 5.92 Å². The van der Waals surface area contributed by atoms with E-state index in [2.05, 4.69) is 27.8 Å². The van der Waals surface area contributed by atoms with Gasteiger partial charge in [0.2, 0.25) is 5.91 Å². The van der Waals surface area contributed by atoms with E-state index in [0.717, 1.165) is 42.4 Å². The van der Waals surface area contributed by atoms with Crippen LogP contribution in [0, 0.1) is 0 Å². The van der Waals surface area contributed by atoms with Crippen LogP contribution >= 0.6 is 23.1 Å². The first-order valence-corrected chi connectivity index (χ1v) is 9.80. The highest BCUT2D eigenvalue weighted by Crippen LogP contribution is 2.40. The number of piperidine rings is 1. The lowest BCUT2D eigenvalue weighted by molar-refractivity contribution is -0.117. The number of thiazole rings is 1. The van der Waals surface area contributed by atoms with Crippen molar-refractivity contribution in [3.05, 3.63) is 40.9 Å². The highest BCUT2D eigenvalue weighted by molar-refractivity contribution is 7.99. The third kappa shape index (κ3) is 3.16. The number of hydrogen-bond donors (Lipinski definition) is 2. The van der Waals surface area contributed by atoms with Crippen molar-refractivity contribution in [2.45, 2.75) is 29.6 Å². The summed E-state index contributed by atoms with van der Waals surface area (Å²) in [6.07, 6.45) is 4.25. The van der Waals surface area contributed by atoms with Crippen LogP contribution in [0.15, 0.2) is 35.4 Å². The number of nitrogens with zero attached hydrogens (tertiary/aromatic N) is 1. The van der Waals surface area contributed by atoms with Gasteiger partial charge in [-0.3, -0.25) is 4.79 Å². The van der Waals surface area contributed by atoms with Crippen LogP contribution in [-0.2, 0) is 4.79 Å². The second kappa shape index (κ2) is 6.63. The molecule has 0 radical (unpaired) electrons. The lowest BCUT2D eigenvalue weighted by Gasteiger charge is -2.20. The molecule has 0 bridgehead atoms. The zero-order valence-electron chi connectivity index (χ0n) is 12.7. The lowest BCUT2D eigenvalue weighted by Crippen LogP contribution is -2.26. The van der Waals surface area contributed by atoms with Gasteiger partial charge < -0.3 is 10.6 Å². The van der Waals surface area contributed by atoms with Gasteiger partial charge >= 0.3 is 0 Å². The van der Waals surface area contributed by atoms with Crippen LogP contribution in [0.1, 0.15) is 35.1 Å². The molecule has 0 aliphatic carbocycles. The zero-order chi connectivity index (χ0) is 15.6. The Morgan fingerprint density at radius 1 is 1.26 bits per heavy atom. The normalized spacial score (nSPS) is 21.1. The first-order chi connectivity index (χ1) is 11.3. The molecule has 4 nitrogen and oxygen atoms in total. The summed E-state index contributed by atoms with van der Waals surface area (Å²) in [7, 11) is 0. The van der Waals surface area contributed by atoms with E-state index in [0.29, 0.717) is 5.92 Å². The molecule has 23 heavy (non-hydrogen) atoms. The SMILES string of the molecule is O=C(Nc1ncc(C2CCNCC2)s1)C1CSc2ccccc21. The van der Waals surface area contributed by atoms with Gasteiger partial charge in [-0.2, -0.15) is 0 Å². The molecule has 1 unspecified atom stereocenters. The molecule has 6 heteroatoms. The maximum atomic E-state index is 12.6. The largest absolute Gasteiger partial charge is 0.317 e. The molecule has 0 spiro atoms. The maximum absolute atomic E-state index is 12.6. The fourth-order valence-electron chi connectivity index (χ4n) is 3.21. The highest BCUT2D eigenvalue weighted by atomic mass is 32.2. The van der Waals surface area contributed by atoms with Crippen LogP contribution in [0.2, 0.25) is 0 Å². The summed E-state index contributed by atoms with van der Waals surface area (Å²) in [6, 6.07) is 8.18. The van der Waals surface area contributed by atoms with Crippen LogP contribution in [-0.4, -0.2) is 29.7 Å². The van der Waals surface area contributed by atoms with Crippen molar-refractivity contribution in [2.24, 2.45) is 0 Å². The van der Waals surface area contributed by atoms with Crippen LogP contribution in [0.3, 0.4) is 0 Å². The van der Waals surface area contributed by atoms with E-state index in [1.165, 1.54) is 9.77 Å². The third-order valence-electron chi connectivity index (χ3n) is 4.51. The molecule has 1 amide bonds. The van der Waals surface area contributed by atoms with Gasteiger partial charge in [0, 0.05) is 21.7 Å². The van der Waals surface area contributed by atoms with E-state index in [-0.39, 0.29) is 11.8 Å². The Hall–Kier alpha value is -1.37. The number of fused-ring (bicyclic) bond motifs is 1. The Bertz CT molecular complexity index is 709. The van der Waals surface area contributed by atoms with E-state index >= 15 is 0 Å². The van der Waals surface area contributed by atoms with Crippen molar-refractivity contribution < 1.29 is 4.79 Å². The molecular weight excluding hydrogens is 326 g/mol. The number of hydrogen-bond acceptors (Lipinski definition) is 5. The Labute approximate surface area is 144 Å². The van der Waals surface area contributed by atoms with E-state index in [4.69, 9.17) is 0 Å². The van der Waals surface area contributed by atoms with E-state index in [1.807, 2.05) is 18.3 Å². The van der Waals surface area contributed by atoms with Gasteiger partial charge in [-0.05, 0) is 43.5 Å². The standard InChI is InChI=1S/C17H19N3OS2/c21-16(13-10-22-14-4-2-1-3-12(13)14)20-17-19-9-15(23-17)11-5-7-18-8-6-11/h1-4,9,11,13,18H,5-8,10H2,(H,19,20,21). The summed E-state index contributed by atoms with van der Waals surface area (Å²) in [4.78, 5) is 19.5. The number of nitrogens with one attached hydrogen (secondary N) is 2. The number of aromatic nitrogens is 1. The topological polar surface area (TPSA) is 54.0 Å². The summed E-state index contributed by atoms with van der Waals surface area (Å²) in [5.74, 6) is 1.40. The van der Waals surface area contributed by atoms with Crippen molar-refractivity contribution >= 4 is 34.1 Å². The first kappa shape index (κ1) is 15.2. The van der Waals surface area contributed by atoms with Crippen molar-refractivity contribution in [1.82, 2.24) is 10.3 Å². The molecule has 3 heterocycles. The molecule has 1 aromatic carbocycles. The molecule has 1 fully saturated rings. The van der Waals surface area contributed by atoms with Crippen molar-refractivity contribution in [3.8, 4) is 0 Å². The number of amides is 1. The second-order valence-corrected chi connectivity index (χ2v) is 8.11. The Balaban J connectivity index is 1.44. The number of carbonyl (C=O) groups is 1. The number of anilines is 1. The minimum absolute atomic E-state index is 0.0636. The van der Waals surface area contributed by atoms with Crippen LogP contribution < -0.4 is 10.6 Å². The smallest absolute Gasteiger partial charge is 0.234 e. The van der Waals surface area contributed by atoms with Gasteiger partial charge in [-0.15, -0.1) is 23.1 Å². The molecular formula is C17H19N3OS2. The molecule has 2 N–H and O–H groups in total. The van der Waals surface area contributed by atoms with Crippen molar-refractivity contribution in [3.63, 3.8) is 0 Å². The van der Waals surface area contributed by atoms with Crippen molar-refractivity contribution in [2.75, 3.05) is 24.2 Å². The van der Waals surface area contributed by atoms with Crippen LogP contribution in [0.25, 0.3) is 0 Å². The Morgan fingerprint density at radius 3 is 2.96 bits per heavy atom. The van der Waals surface area contributed by atoms with E-state index in [9.17, 15) is 4.79 Å². The molecule has 1 atom stereocenters. The molecule has 2 aromatic rings. The molecule has 2 aliphatic heterocycles. The summed E-state index contributed by atoms with van der Waals surface area (Å²) >= 11 is 3.39. The molecule has 120 valence electrons. The van der Waals surface area contributed by atoms with Gasteiger partial charge in [0.1, 0.15) is 0 Å². The summed E-state index contributed by atoms with van der Waals surface area (Å²) in [6.45, 7) is 2.14. The van der Waals surface area contributed by atoms with Gasteiger partial charge in [0.25, 0.3) is 0 Å². The highest BCUT2D eigenvalue weighted by Gasteiger charge is 2.29. The predicted octanol–water partition coefficient (Wildman–Crippen LogP) is 3.44. The van der Waals surface area contributed by atoms with Crippen LogP contribution in [0.4, 0.5) is 5.13 Å². The van der Waals surface area contributed by atoms with E-state index < -0.39 is 0 Å². The van der Waals surface area contributed by atoms with Gasteiger partial charge in [0.15, 0.2) is 5.13 Å². The Kier molecular flexibility index (Phi) is 4.37. The Morgan fingerprint density at radius 2 is 2.09 bits per heavy atom. The number of carbonyl (C=O) groups excluding carboxylic acids is 1. The lowest BCUT2D eigenvalue weighted by atomic mass is 9.97. The summed E-state index contributed by atoms with van der Waals surface area (Å²) in [5.41, 5.74) is 1.14.